The molecule has 1 aromatic heterocycles. The predicted molar refractivity (Wildman–Crippen MR) is 52.0 cm³/mol. The maximum Gasteiger partial charge on any atom is 0.213 e. The molecule has 13 heavy (non-hydrogen) atoms. The zero-order chi connectivity index (χ0) is 9.26. The fourth-order valence-corrected chi connectivity index (χ4v) is 1.32. The molecule has 1 aliphatic rings. The molecule has 70 valence electrons. The number of nitrogens with zero attached hydrogens (tertiary/aromatic N) is 1. The van der Waals surface area contributed by atoms with E-state index in [1.165, 1.54) is 30.4 Å². The van der Waals surface area contributed by atoms with Crippen molar-refractivity contribution in [3.8, 4) is 5.88 Å². The Bertz CT molecular complexity index is 305. The van der Waals surface area contributed by atoms with Gasteiger partial charge in [-0.15, -0.1) is 0 Å². The van der Waals surface area contributed by atoms with Crippen molar-refractivity contribution in [1.82, 2.24) is 4.98 Å². The molecule has 0 aromatic carbocycles. The van der Waals surface area contributed by atoms with Crippen LogP contribution in [0.2, 0.25) is 0 Å². The molecule has 2 nitrogen and oxygen atoms in total. The van der Waals surface area contributed by atoms with Crippen molar-refractivity contribution in [3.63, 3.8) is 0 Å². The average molecular weight is 177 g/mol. The number of aryl methyl sites for hydroxylation is 2. The van der Waals surface area contributed by atoms with Crippen LogP contribution in [0.15, 0.2) is 12.3 Å². The molecular formula is C11H15NO. The van der Waals surface area contributed by atoms with Gasteiger partial charge >= 0.3 is 0 Å². The molecule has 2 rings (SSSR count). The lowest BCUT2D eigenvalue weighted by atomic mass is 9.96. The number of ether oxygens (including phenoxy) is 1. The van der Waals surface area contributed by atoms with E-state index >= 15 is 0 Å². The van der Waals surface area contributed by atoms with E-state index in [1.54, 1.807) is 0 Å². The van der Waals surface area contributed by atoms with E-state index in [-0.39, 0.29) is 0 Å². The molecule has 0 N–H and O–H groups in total. The highest BCUT2D eigenvalue weighted by Crippen LogP contribution is 2.24. The minimum Gasteiger partial charge on any atom is -0.474 e. The molecule has 0 saturated heterocycles. The fraction of sp³-hybridized carbons (Fsp3) is 0.545. The molecule has 1 fully saturated rings. The Morgan fingerprint density at radius 2 is 2.08 bits per heavy atom. The first-order valence-electron chi connectivity index (χ1n) is 4.85. The molecule has 1 saturated carbocycles. The number of hydrogen-bond donors (Lipinski definition) is 0. The van der Waals surface area contributed by atoms with Gasteiger partial charge < -0.3 is 4.74 Å². The minimum atomic E-state index is 0.426. The molecular weight excluding hydrogens is 162 g/mol. The summed E-state index contributed by atoms with van der Waals surface area (Å²) in [5.41, 5.74) is 2.48. The minimum absolute atomic E-state index is 0.426. The summed E-state index contributed by atoms with van der Waals surface area (Å²) in [4.78, 5) is 4.24. The van der Waals surface area contributed by atoms with Crippen molar-refractivity contribution in [2.75, 3.05) is 0 Å². The van der Waals surface area contributed by atoms with Crippen molar-refractivity contribution in [2.45, 2.75) is 39.2 Å². The lowest BCUT2D eigenvalue weighted by Crippen LogP contribution is -2.24. The highest BCUT2D eigenvalue weighted by Gasteiger charge is 2.19. The molecule has 0 unspecified atom stereocenters. The largest absolute Gasteiger partial charge is 0.474 e. The second kappa shape index (κ2) is 3.36. The van der Waals surface area contributed by atoms with Crippen LogP contribution in [0.25, 0.3) is 0 Å². The van der Waals surface area contributed by atoms with Gasteiger partial charge in [-0.3, -0.25) is 0 Å². The highest BCUT2D eigenvalue weighted by molar-refractivity contribution is 5.26. The van der Waals surface area contributed by atoms with Gasteiger partial charge in [0, 0.05) is 12.3 Å². The van der Waals surface area contributed by atoms with Gasteiger partial charge in [0.05, 0.1) is 0 Å². The Kier molecular flexibility index (Phi) is 2.21. The van der Waals surface area contributed by atoms with Gasteiger partial charge in [-0.1, -0.05) is 0 Å². The third-order valence-corrected chi connectivity index (χ3v) is 2.69. The van der Waals surface area contributed by atoms with Crippen molar-refractivity contribution >= 4 is 0 Å². The number of rotatable bonds is 2. The molecule has 1 aliphatic carbocycles. The Labute approximate surface area is 78.9 Å². The van der Waals surface area contributed by atoms with E-state index in [0.29, 0.717) is 6.10 Å². The smallest absolute Gasteiger partial charge is 0.213 e. The maximum atomic E-state index is 5.68. The zero-order valence-corrected chi connectivity index (χ0v) is 8.21. The van der Waals surface area contributed by atoms with Crippen molar-refractivity contribution < 1.29 is 4.74 Å². The molecule has 0 aliphatic heterocycles. The fourth-order valence-electron chi connectivity index (χ4n) is 1.32. The van der Waals surface area contributed by atoms with E-state index in [1.807, 2.05) is 12.3 Å². The summed E-state index contributed by atoms with van der Waals surface area (Å²) in [6.07, 6.45) is 5.98. The lowest BCUT2D eigenvalue weighted by Gasteiger charge is -2.25. The number of aromatic nitrogens is 1. The molecule has 0 bridgehead atoms. The normalized spacial score (nSPS) is 16.8. The monoisotopic (exact) mass is 177 g/mol. The second-order valence-electron chi connectivity index (χ2n) is 3.78. The third kappa shape index (κ3) is 1.82. The molecule has 0 amide bonds. The molecule has 0 radical (unpaired) electrons. The first-order valence-corrected chi connectivity index (χ1v) is 4.85. The Morgan fingerprint density at radius 1 is 1.31 bits per heavy atom. The molecule has 1 heterocycles. The Hall–Kier alpha value is -1.05. The summed E-state index contributed by atoms with van der Waals surface area (Å²) in [7, 11) is 0. The van der Waals surface area contributed by atoms with Gasteiger partial charge in [-0.05, 0) is 44.2 Å². The Balaban J connectivity index is 2.07. The molecule has 0 spiro atoms. The van der Waals surface area contributed by atoms with Crippen LogP contribution in [0.1, 0.15) is 30.4 Å². The SMILES string of the molecule is Cc1cnc(OC2CCC2)cc1C. The van der Waals surface area contributed by atoms with E-state index in [2.05, 4.69) is 18.8 Å². The first kappa shape index (κ1) is 8.54. The Morgan fingerprint density at radius 3 is 2.62 bits per heavy atom. The van der Waals surface area contributed by atoms with Gasteiger partial charge in [0.1, 0.15) is 6.10 Å². The van der Waals surface area contributed by atoms with Crippen LogP contribution in [0.5, 0.6) is 5.88 Å². The standard InChI is InChI=1S/C11H15NO/c1-8-6-11(12-7-9(8)2)13-10-4-3-5-10/h6-7,10H,3-5H2,1-2H3. The van der Waals surface area contributed by atoms with E-state index in [0.717, 1.165) is 5.88 Å². The zero-order valence-electron chi connectivity index (χ0n) is 8.21. The lowest BCUT2D eigenvalue weighted by molar-refractivity contribution is 0.114. The third-order valence-electron chi connectivity index (χ3n) is 2.69. The summed E-state index contributed by atoms with van der Waals surface area (Å²) in [6, 6.07) is 2.02. The van der Waals surface area contributed by atoms with Crippen LogP contribution >= 0.6 is 0 Å². The van der Waals surface area contributed by atoms with E-state index in [4.69, 9.17) is 4.74 Å². The van der Waals surface area contributed by atoms with Crippen LogP contribution in [-0.2, 0) is 0 Å². The van der Waals surface area contributed by atoms with Crippen LogP contribution < -0.4 is 4.74 Å². The van der Waals surface area contributed by atoms with Crippen LogP contribution in [0, 0.1) is 13.8 Å². The summed E-state index contributed by atoms with van der Waals surface area (Å²) in [5.74, 6) is 0.785. The number of pyridine rings is 1. The van der Waals surface area contributed by atoms with Gasteiger partial charge in [0.2, 0.25) is 5.88 Å². The van der Waals surface area contributed by atoms with Crippen LogP contribution in [0.4, 0.5) is 0 Å². The molecule has 2 heteroatoms. The topological polar surface area (TPSA) is 22.1 Å². The van der Waals surface area contributed by atoms with Gasteiger partial charge in [0.15, 0.2) is 0 Å². The molecule has 0 atom stereocenters. The van der Waals surface area contributed by atoms with E-state index in [9.17, 15) is 0 Å². The highest BCUT2D eigenvalue weighted by atomic mass is 16.5. The summed E-state index contributed by atoms with van der Waals surface area (Å²) < 4.78 is 5.68. The first-order chi connectivity index (χ1) is 6.25. The van der Waals surface area contributed by atoms with Gasteiger partial charge in [0.25, 0.3) is 0 Å². The maximum absolute atomic E-state index is 5.68. The van der Waals surface area contributed by atoms with Gasteiger partial charge in [-0.2, -0.15) is 0 Å². The molecule has 1 aromatic rings. The van der Waals surface area contributed by atoms with Crippen molar-refractivity contribution in [1.29, 1.82) is 0 Å². The summed E-state index contributed by atoms with van der Waals surface area (Å²) >= 11 is 0. The van der Waals surface area contributed by atoms with Crippen molar-refractivity contribution in [2.24, 2.45) is 0 Å². The second-order valence-corrected chi connectivity index (χ2v) is 3.78. The number of hydrogen-bond acceptors (Lipinski definition) is 2. The quantitative estimate of drug-likeness (QED) is 0.692. The summed E-state index contributed by atoms with van der Waals surface area (Å²) in [6.45, 7) is 4.15. The predicted octanol–water partition coefficient (Wildman–Crippen LogP) is 2.63. The summed E-state index contributed by atoms with van der Waals surface area (Å²) in [5, 5.41) is 0. The van der Waals surface area contributed by atoms with Gasteiger partial charge in [-0.25, -0.2) is 4.98 Å². The van der Waals surface area contributed by atoms with E-state index < -0.39 is 0 Å². The van der Waals surface area contributed by atoms with Crippen LogP contribution in [0.3, 0.4) is 0 Å². The van der Waals surface area contributed by atoms with Crippen LogP contribution in [-0.4, -0.2) is 11.1 Å². The van der Waals surface area contributed by atoms with Crippen molar-refractivity contribution in [3.05, 3.63) is 23.4 Å². The average Bonchev–Trinajstić information content (AvgIpc) is 2.04.